The standard InChI is InChI=1S/C15H17F3N2O/c1-15(8-13(17)18)9-19-6-5-12(20(19)14(15)21)10-3-2-4-11(16)7-10/h2-4,7,12-13H,5-6,8-9H2,1H3/t12-,15-/m0/s1. The van der Waals surface area contributed by atoms with E-state index in [1.54, 1.807) is 24.1 Å². The molecule has 3 nitrogen and oxygen atoms in total. The molecule has 0 bridgehead atoms. The maximum Gasteiger partial charge on any atom is 0.244 e. The summed E-state index contributed by atoms with van der Waals surface area (Å²) in [5.74, 6) is -0.637. The lowest BCUT2D eigenvalue weighted by Gasteiger charge is -2.26. The minimum atomic E-state index is -2.51. The fraction of sp³-hybridized carbons (Fsp3) is 0.533. The third-order valence-corrected chi connectivity index (χ3v) is 4.35. The van der Waals surface area contributed by atoms with Gasteiger partial charge in [-0.05, 0) is 31.0 Å². The van der Waals surface area contributed by atoms with Gasteiger partial charge in [0.2, 0.25) is 12.3 Å². The molecule has 2 saturated heterocycles. The molecule has 2 aliphatic heterocycles. The van der Waals surface area contributed by atoms with Crippen molar-refractivity contribution in [2.45, 2.75) is 32.2 Å². The van der Waals surface area contributed by atoms with Crippen molar-refractivity contribution in [1.82, 2.24) is 10.0 Å². The van der Waals surface area contributed by atoms with E-state index in [-0.39, 0.29) is 17.8 Å². The normalized spacial score (nSPS) is 29.5. The van der Waals surface area contributed by atoms with Crippen molar-refractivity contribution in [1.29, 1.82) is 0 Å². The van der Waals surface area contributed by atoms with Crippen molar-refractivity contribution in [2.75, 3.05) is 13.1 Å². The van der Waals surface area contributed by atoms with E-state index in [2.05, 4.69) is 0 Å². The zero-order valence-electron chi connectivity index (χ0n) is 11.7. The fourth-order valence-corrected chi connectivity index (χ4v) is 3.38. The summed E-state index contributed by atoms with van der Waals surface area (Å²) in [5, 5.41) is 3.37. The molecule has 1 aromatic rings. The number of rotatable bonds is 3. The van der Waals surface area contributed by atoms with E-state index in [0.717, 1.165) is 0 Å². The third-order valence-electron chi connectivity index (χ3n) is 4.35. The van der Waals surface area contributed by atoms with Gasteiger partial charge in [0, 0.05) is 19.5 Å². The highest BCUT2D eigenvalue weighted by molar-refractivity contribution is 5.85. The summed E-state index contributed by atoms with van der Waals surface area (Å²) in [4.78, 5) is 12.6. The molecule has 0 saturated carbocycles. The predicted molar refractivity (Wildman–Crippen MR) is 70.9 cm³/mol. The number of hydrogen-bond donors (Lipinski definition) is 0. The zero-order chi connectivity index (χ0) is 15.2. The number of amides is 1. The van der Waals surface area contributed by atoms with Crippen molar-refractivity contribution < 1.29 is 18.0 Å². The van der Waals surface area contributed by atoms with Crippen molar-refractivity contribution in [3.05, 3.63) is 35.6 Å². The summed E-state index contributed by atoms with van der Waals surface area (Å²) in [6, 6.07) is 5.87. The van der Waals surface area contributed by atoms with Gasteiger partial charge in [-0.3, -0.25) is 9.80 Å². The Morgan fingerprint density at radius 2 is 2.19 bits per heavy atom. The molecule has 0 N–H and O–H groups in total. The first kappa shape index (κ1) is 14.4. The Morgan fingerprint density at radius 1 is 1.43 bits per heavy atom. The average Bonchev–Trinajstić information content (AvgIpc) is 2.89. The van der Waals surface area contributed by atoms with Crippen LogP contribution in [0.3, 0.4) is 0 Å². The molecule has 0 radical (unpaired) electrons. The first-order valence-corrected chi connectivity index (χ1v) is 7.03. The van der Waals surface area contributed by atoms with E-state index in [4.69, 9.17) is 0 Å². The van der Waals surface area contributed by atoms with Gasteiger partial charge < -0.3 is 0 Å². The van der Waals surface area contributed by atoms with Crippen LogP contribution in [0.15, 0.2) is 24.3 Å². The Balaban J connectivity index is 1.87. The van der Waals surface area contributed by atoms with Gasteiger partial charge in [-0.2, -0.15) is 0 Å². The number of halogens is 3. The highest BCUT2D eigenvalue weighted by atomic mass is 19.3. The van der Waals surface area contributed by atoms with E-state index in [0.29, 0.717) is 25.1 Å². The van der Waals surface area contributed by atoms with Crippen molar-refractivity contribution in [3.8, 4) is 0 Å². The van der Waals surface area contributed by atoms with Crippen LogP contribution in [0.5, 0.6) is 0 Å². The molecule has 21 heavy (non-hydrogen) atoms. The van der Waals surface area contributed by atoms with Crippen LogP contribution in [-0.2, 0) is 4.79 Å². The van der Waals surface area contributed by atoms with E-state index in [9.17, 15) is 18.0 Å². The van der Waals surface area contributed by atoms with Crippen LogP contribution in [0.25, 0.3) is 0 Å². The van der Waals surface area contributed by atoms with Gasteiger partial charge in [0.25, 0.3) is 0 Å². The van der Waals surface area contributed by atoms with E-state index in [1.165, 1.54) is 12.1 Å². The van der Waals surface area contributed by atoms with Crippen molar-refractivity contribution >= 4 is 5.91 Å². The molecular weight excluding hydrogens is 281 g/mol. The number of fused-ring (bicyclic) bond motifs is 1. The van der Waals surface area contributed by atoms with Gasteiger partial charge in [-0.15, -0.1) is 0 Å². The number of hydrazine groups is 1. The first-order valence-electron chi connectivity index (χ1n) is 7.03. The first-order chi connectivity index (χ1) is 9.90. The maximum atomic E-state index is 13.4. The van der Waals surface area contributed by atoms with Crippen LogP contribution < -0.4 is 0 Å². The van der Waals surface area contributed by atoms with Crippen LogP contribution in [0.2, 0.25) is 0 Å². The molecule has 0 aliphatic carbocycles. The molecule has 1 amide bonds. The second-order valence-electron chi connectivity index (χ2n) is 6.05. The molecule has 0 spiro atoms. The fourth-order valence-electron chi connectivity index (χ4n) is 3.38. The Hall–Kier alpha value is -1.56. The predicted octanol–water partition coefficient (Wildman–Crippen LogP) is 2.99. The Labute approximate surface area is 121 Å². The summed E-state index contributed by atoms with van der Waals surface area (Å²) in [6.07, 6.45) is -2.25. The Kier molecular flexibility index (Phi) is 3.43. The molecule has 2 aliphatic rings. The van der Waals surface area contributed by atoms with Gasteiger partial charge in [0.05, 0.1) is 11.5 Å². The third kappa shape index (κ3) is 2.41. The van der Waals surface area contributed by atoms with Gasteiger partial charge in [-0.25, -0.2) is 18.2 Å². The summed E-state index contributed by atoms with van der Waals surface area (Å²) < 4.78 is 38.8. The molecule has 0 unspecified atom stereocenters. The Bertz CT molecular complexity index is 566. The summed E-state index contributed by atoms with van der Waals surface area (Å²) in [7, 11) is 0. The largest absolute Gasteiger partial charge is 0.273 e. The molecule has 2 atom stereocenters. The number of carbonyl (C=O) groups is 1. The lowest BCUT2D eigenvalue weighted by atomic mass is 9.86. The number of carbonyl (C=O) groups excluding carboxylic acids is 1. The molecule has 2 fully saturated rings. The monoisotopic (exact) mass is 298 g/mol. The van der Waals surface area contributed by atoms with E-state index >= 15 is 0 Å². The van der Waals surface area contributed by atoms with Gasteiger partial charge in [0.1, 0.15) is 5.82 Å². The number of alkyl halides is 2. The minimum absolute atomic E-state index is 0.257. The number of benzene rings is 1. The lowest BCUT2D eigenvalue weighted by Crippen LogP contribution is -2.36. The second kappa shape index (κ2) is 5.02. The Morgan fingerprint density at radius 3 is 2.86 bits per heavy atom. The van der Waals surface area contributed by atoms with Crippen LogP contribution in [0.1, 0.15) is 31.4 Å². The molecule has 2 heterocycles. The van der Waals surface area contributed by atoms with Crippen LogP contribution in [-0.4, -0.2) is 35.4 Å². The number of hydrogen-bond acceptors (Lipinski definition) is 2. The van der Waals surface area contributed by atoms with Gasteiger partial charge in [-0.1, -0.05) is 12.1 Å². The molecule has 6 heteroatoms. The molecule has 114 valence electrons. The molecule has 0 aromatic heterocycles. The van der Waals surface area contributed by atoms with Gasteiger partial charge in [0.15, 0.2) is 0 Å². The molecule has 3 rings (SSSR count). The van der Waals surface area contributed by atoms with Gasteiger partial charge >= 0.3 is 0 Å². The summed E-state index contributed by atoms with van der Waals surface area (Å²) in [6.45, 7) is 2.52. The highest BCUT2D eigenvalue weighted by Gasteiger charge is 2.53. The summed E-state index contributed by atoms with van der Waals surface area (Å²) in [5.41, 5.74) is -0.340. The van der Waals surface area contributed by atoms with E-state index in [1.807, 2.05) is 5.01 Å². The molecule has 1 aromatic carbocycles. The highest BCUT2D eigenvalue weighted by Crippen LogP contribution is 2.44. The summed E-state index contributed by atoms with van der Waals surface area (Å²) >= 11 is 0. The lowest BCUT2D eigenvalue weighted by molar-refractivity contribution is -0.143. The van der Waals surface area contributed by atoms with Crippen molar-refractivity contribution in [3.63, 3.8) is 0 Å². The van der Waals surface area contributed by atoms with Crippen LogP contribution in [0, 0.1) is 11.2 Å². The van der Waals surface area contributed by atoms with Crippen molar-refractivity contribution in [2.24, 2.45) is 5.41 Å². The quantitative estimate of drug-likeness (QED) is 0.856. The maximum absolute atomic E-state index is 13.4. The zero-order valence-corrected chi connectivity index (χ0v) is 11.7. The topological polar surface area (TPSA) is 23.6 Å². The number of nitrogens with zero attached hydrogens (tertiary/aromatic N) is 2. The molecular formula is C15H17F3N2O. The van der Waals surface area contributed by atoms with Crippen LogP contribution in [0.4, 0.5) is 13.2 Å². The van der Waals surface area contributed by atoms with E-state index < -0.39 is 18.3 Å². The SMILES string of the molecule is C[C@]1(CC(F)F)CN2CC[C@@H](c3cccc(F)c3)N2C1=O. The smallest absolute Gasteiger partial charge is 0.244 e. The van der Waals surface area contributed by atoms with Crippen LogP contribution >= 0.6 is 0 Å². The average molecular weight is 298 g/mol. The second-order valence-corrected chi connectivity index (χ2v) is 6.05. The minimum Gasteiger partial charge on any atom is -0.273 e.